The third kappa shape index (κ3) is 4.33. The van der Waals surface area contributed by atoms with Gasteiger partial charge in [0.15, 0.2) is 0 Å². The van der Waals surface area contributed by atoms with Crippen molar-refractivity contribution in [3.8, 4) is 0 Å². The number of benzene rings is 3. The van der Waals surface area contributed by atoms with Gasteiger partial charge in [-0.05, 0) is 18.9 Å². The van der Waals surface area contributed by atoms with Gasteiger partial charge in [0.1, 0.15) is 0 Å². The monoisotopic (exact) mass is 340 g/mol. The second-order valence-electron chi connectivity index (χ2n) is 6.56. The van der Waals surface area contributed by atoms with Crippen molar-refractivity contribution >= 4 is 23.1 Å². The highest BCUT2D eigenvalue weighted by atomic mass is 16.5. The normalized spacial score (nSPS) is 11.8. The minimum absolute atomic E-state index is 0.205. The van der Waals surface area contributed by atoms with Crippen molar-refractivity contribution < 1.29 is 4.74 Å². The maximum absolute atomic E-state index is 5.36. The molecule has 0 N–H and O–H groups in total. The number of methoxy groups -OCH3 is 1. The molecule has 3 aromatic rings. The predicted molar refractivity (Wildman–Crippen MR) is 113 cm³/mol. The van der Waals surface area contributed by atoms with Gasteiger partial charge in [-0.15, -0.1) is 0 Å². The molecule has 0 radical (unpaired) electrons. The third-order valence-electron chi connectivity index (χ3n) is 4.78. The molecule has 0 aromatic heterocycles. The summed E-state index contributed by atoms with van der Waals surface area (Å²) in [6, 6.07) is 32.3. The van der Waals surface area contributed by atoms with E-state index in [-0.39, 0.29) is 6.71 Å². The molecule has 1 nitrogen and oxygen atoms in total. The summed E-state index contributed by atoms with van der Waals surface area (Å²) in [6.45, 7) is 3.18. The van der Waals surface area contributed by atoms with Crippen molar-refractivity contribution in [3.63, 3.8) is 0 Å². The van der Waals surface area contributed by atoms with Gasteiger partial charge in [0.2, 0.25) is 6.71 Å². The van der Waals surface area contributed by atoms with Crippen LogP contribution in [0.2, 0.25) is 0 Å². The molecule has 0 fully saturated rings. The molecule has 2 heteroatoms. The molecular weight excluding hydrogens is 315 g/mol. The molecule has 0 aliphatic rings. The van der Waals surface area contributed by atoms with Gasteiger partial charge in [0, 0.05) is 13.7 Å². The average Bonchev–Trinajstić information content (AvgIpc) is 2.72. The van der Waals surface area contributed by atoms with Crippen molar-refractivity contribution in [1.82, 2.24) is 0 Å². The summed E-state index contributed by atoms with van der Waals surface area (Å²) in [5, 5.41) is 0. The zero-order chi connectivity index (χ0) is 18.2. The van der Waals surface area contributed by atoms with Crippen molar-refractivity contribution in [2.75, 3.05) is 13.7 Å². The van der Waals surface area contributed by atoms with E-state index >= 15 is 0 Å². The van der Waals surface area contributed by atoms with Gasteiger partial charge in [-0.25, -0.2) is 0 Å². The molecule has 0 aliphatic heterocycles. The van der Waals surface area contributed by atoms with Crippen LogP contribution in [0.3, 0.4) is 0 Å². The lowest BCUT2D eigenvalue weighted by atomic mass is 9.34. The molecule has 26 heavy (non-hydrogen) atoms. The fourth-order valence-corrected chi connectivity index (χ4v) is 3.48. The Morgan fingerprint density at radius 3 is 1.65 bits per heavy atom. The highest BCUT2D eigenvalue weighted by Crippen LogP contribution is 2.24. The van der Waals surface area contributed by atoms with Crippen molar-refractivity contribution in [1.29, 1.82) is 0 Å². The molecule has 0 unspecified atom stereocenters. The first-order chi connectivity index (χ1) is 12.8. The summed E-state index contributed by atoms with van der Waals surface area (Å²) in [6.07, 6.45) is 0.927. The number of hydrogen-bond acceptors (Lipinski definition) is 1. The van der Waals surface area contributed by atoms with Gasteiger partial charge < -0.3 is 4.74 Å². The first-order valence-electron chi connectivity index (χ1n) is 9.15. The van der Waals surface area contributed by atoms with Gasteiger partial charge in [-0.3, -0.25) is 0 Å². The van der Waals surface area contributed by atoms with Gasteiger partial charge in [-0.2, -0.15) is 0 Å². The van der Waals surface area contributed by atoms with Crippen molar-refractivity contribution in [2.45, 2.75) is 13.3 Å². The molecule has 3 rings (SSSR count). The molecule has 3 aromatic carbocycles. The van der Waals surface area contributed by atoms with Crippen LogP contribution in [0.1, 0.15) is 18.9 Å². The van der Waals surface area contributed by atoms with Crippen molar-refractivity contribution in [3.05, 3.63) is 102 Å². The minimum Gasteiger partial charge on any atom is -0.384 e. The summed E-state index contributed by atoms with van der Waals surface area (Å²) >= 11 is 0. The van der Waals surface area contributed by atoms with Gasteiger partial charge in [-0.1, -0.05) is 113 Å². The SMILES string of the molecule is COCC/C(C)=C(\B(c1ccccc1)c1ccccc1)c1ccccc1. The predicted octanol–water partition coefficient (Wildman–Crippen LogP) is 4.35. The Morgan fingerprint density at radius 2 is 1.19 bits per heavy atom. The van der Waals surface area contributed by atoms with E-state index in [1.54, 1.807) is 7.11 Å². The lowest BCUT2D eigenvalue weighted by Gasteiger charge is -2.22. The first-order valence-corrected chi connectivity index (χ1v) is 9.15. The van der Waals surface area contributed by atoms with Crippen LogP contribution in [-0.2, 0) is 4.74 Å². The molecule has 0 saturated heterocycles. The van der Waals surface area contributed by atoms with Crippen LogP contribution in [0, 0.1) is 0 Å². The van der Waals surface area contributed by atoms with Crippen LogP contribution in [0.5, 0.6) is 0 Å². The molecule has 130 valence electrons. The standard InChI is InChI=1S/C24H25BO/c1-20(18-19-26-2)24(21-12-6-3-7-13-21)25(22-14-8-4-9-15-22)23-16-10-5-11-17-23/h3-17H,18-19H2,1-2H3/b24-20-. The third-order valence-corrected chi connectivity index (χ3v) is 4.78. The molecule has 0 bridgehead atoms. The van der Waals surface area contributed by atoms with E-state index in [0.29, 0.717) is 0 Å². The van der Waals surface area contributed by atoms with Crippen LogP contribution in [0.4, 0.5) is 0 Å². The quantitative estimate of drug-likeness (QED) is 0.581. The summed E-state index contributed by atoms with van der Waals surface area (Å²) in [7, 11) is 1.77. The maximum atomic E-state index is 5.36. The Morgan fingerprint density at radius 1 is 0.731 bits per heavy atom. The lowest BCUT2D eigenvalue weighted by Crippen LogP contribution is -2.44. The van der Waals surface area contributed by atoms with Gasteiger partial charge in [0.25, 0.3) is 0 Å². The van der Waals surface area contributed by atoms with E-state index in [0.717, 1.165) is 13.0 Å². The molecule has 0 spiro atoms. The smallest absolute Gasteiger partial charge is 0.241 e. The van der Waals surface area contributed by atoms with Gasteiger partial charge >= 0.3 is 0 Å². The lowest BCUT2D eigenvalue weighted by molar-refractivity contribution is 0.202. The second kappa shape index (κ2) is 9.21. The van der Waals surface area contributed by atoms with E-state index < -0.39 is 0 Å². The Labute approximate surface area is 157 Å². The summed E-state index contributed by atoms with van der Waals surface area (Å²) < 4.78 is 5.36. The summed E-state index contributed by atoms with van der Waals surface area (Å²) in [4.78, 5) is 0. The largest absolute Gasteiger partial charge is 0.384 e. The number of ether oxygens (including phenoxy) is 1. The highest BCUT2D eigenvalue weighted by molar-refractivity contribution is 6.99. The van der Waals surface area contributed by atoms with Crippen LogP contribution < -0.4 is 10.9 Å². The Hall–Kier alpha value is -2.58. The molecule has 0 saturated carbocycles. The zero-order valence-corrected chi connectivity index (χ0v) is 15.6. The first kappa shape index (κ1) is 18.2. The summed E-state index contributed by atoms with van der Waals surface area (Å²) in [5.41, 5.74) is 6.65. The van der Waals surface area contributed by atoms with Crippen LogP contribution in [0.25, 0.3) is 5.47 Å². The Kier molecular flexibility index (Phi) is 6.46. The molecule has 0 heterocycles. The summed E-state index contributed by atoms with van der Waals surface area (Å²) in [5.74, 6) is 0. The van der Waals surface area contributed by atoms with E-state index in [1.165, 1.54) is 27.5 Å². The fraction of sp³-hybridized carbons (Fsp3) is 0.167. The maximum Gasteiger partial charge on any atom is 0.241 e. The van der Waals surface area contributed by atoms with Crippen LogP contribution in [-0.4, -0.2) is 20.4 Å². The average molecular weight is 340 g/mol. The molecule has 0 atom stereocenters. The number of hydrogen-bond donors (Lipinski definition) is 0. The van der Waals surface area contributed by atoms with E-state index in [2.05, 4.69) is 97.9 Å². The van der Waals surface area contributed by atoms with E-state index in [4.69, 9.17) is 4.74 Å². The van der Waals surface area contributed by atoms with E-state index in [9.17, 15) is 0 Å². The minimum atomic E-state index is 0.205. The van der Waals surface area contributed by atoms with Crippen molar-refractivity contribution in [2.24, 2.45) is 0 Å². The van der Waals surface area contributed by atoms with Gasteiger partial charge in [0.05, 0.1) is 0 Å². The topological polar surface area (TPSA) is 9.23 Å². The Bertz CT molecular complexity index is 786. The van der Waals surface area contributed by atoms with Crippen LogP contribution in [0.15, 0.2) is 96.6 Å². The van der Waals surface area contributed by atoms with E-state index in [1.807, 2.05) is 0 Å². The number of rotatable bonds is 7. The van der Waals surface area contributed by atoms with Crippen LogP contribution >= 0.6 is 0 Å². The fourth-order valence-electron chi connectivity index (χ4n) is 3.48. The Balaban J connectivity index is 2.19. The molecular formula is C24H25BO. The molecule has 0 aliphatic carbocycles. The highest BCUT2D eigenvalue weighted by Gasteiger charge is 2.26. The zero-order valence-electron chi connectivity index (χ0n) is 15.6. The molecule has 0 amide bonds. The second-order valence-corrected chi connectivity index (χ2v) is 6.56.